The first-order valence-electron chi connectivity index (χ1n) is 10.4. The van der Waals surface area contributed by atoms with Gasteiger partial charge >= 0.3 is 0 Å². The summed E-state index contributed by atoms with van der Waals surface area (Å²) in [4.78, 5) is 15.2. The minimum Gasteiger partial charge on any atom is -0.334 e. The van der Waals surface area contributed by atoms with Crippen molar-refractivity contribution in [1.29, 1.82) is 0 Å². The van der Waals surface area contributed by atoms with Crippen LogP contribution in [0.25, 0.3) is 0 Å². The molecule has 1 aliphatic heterocycles. The van der Waals surface area contributed by atoms with E-state index in [0.717, 1.165) is 31.2 Å². The third kappa shape index (κ3) is 5.25. The van der Waals surface area contributed by atoms with Crippen molar-refractivity contribution >= 4 is 15.9 Å². The van der Waals surface area contributed by atoms with Gasteiger partial charge in [-0.05, 0) is 49.9 Å². The number of nitrogens with zero attached hydrogens (tertiary/aromatic N) is 2. The molecular formula is C23H30N2O3S. The number of hydrogen-bond donors (Lipinski definition) is 0. The fourth-order valence-corrected chi connectivity index (χ4v) is 5.23. The Morgan fingerprint density at radius 3 is 2.38 bits per heavy atom. The molecule has 3 rings (SSSR count). The Morgan fingerprint density at radius 2 is 1.72 bits per heavy atom. The topological polar surface area (TPSA) is 57.7 Å². The number of hydrogen-bond acceptors (Lipinski definition) is 3. The lowest BCUT2D eigenvalue weighted by Crippen LogP contribution is -2.36. The van der Waals surface area contributed by atoms with Crippen LogP contribution in [-0.2, 0) is 16.6 Å². The molecule has 1 amide bonds. The molecule has 0 bridgehead atoms. The number of sulfonamides is 1. The van der Waals surface area contributed by atoms with Crippen LogP contribution in [0.2, 0.25) is 0 Å². The van der Waals surface area contributed by atoms with Crippen molar-refractivity contribution in [2.75, 3.05) is 19.6 Å². The first-order chi connectivity index (χ1) is 13.9. The van der Waals surface area contributed by atoms with Crippen LogP contribution in [-0.4, -0.2) is 43.2 Å². The quantitative estimate of drug-likeness (QED) is 0.681. The molecule has 0 saturated carbocycles. The predicted octanol–water partition coefficient (Wildman–Crippen LogP) is 4.22. The monoisotopic (exact) mass is 414 g/mol. The van der Waals surface area contributed by atoms with Gasteiger partial charge in [0.1, 0.15) is 0 Å². The van der Waals surface area contributed by atoms with Gasteiger partial charge in [-0.25, -0.2) is 8.42 Å². The van der Waals surface area contributed by atoms with Crippen LogP contribution in [0.5, 0.6) is 0 Å². The highest BCUT2D eigenvalue weighted by Crippen LogP contribution is 2.22. The van der Waals surface area contributed by atoms with E-state index >= 15 is 0 Å². The SMILES string of the molecule is CCCN(Cc1ccc(C)cc1)C(=O)c1cccc(S(=O)(=O)N2CCCCC2)c1. The third-order valence-corrected chi connectivity index (χ3v) is 7.20. The first-order valence-corrected chi connectivity index (χ1v) is 11.8. The molecule has 0 N–H and O–H groups in total. The molecule has 2 aromatic carbocycles. The lowest BCUT2D eigenvalue weighted by atomic mass is 10.1. The van der Waals surface area contributed by atoms with Gasteiger partial charge in [0.2, 0.25) is 10.0 Å². The molecule has 0 atom stereocenters. The molecule has 0 radical (unpaired) electrons. The van der Waals surface area contributed by atoms with E-state index in [4.69, 9.17) is 0 Å². The van der Waals surface area contributed by atoms with E-state index in [1.807, 2.05) is 38.1 Å². The lowest BCUT2D eigenvalue weighted by Gasteiger charge is -2.26. The maximum absolute atomic E-state index is 13.2. The van der Waals surface area contributed by atoms with Gasteiger partial charge in [-0.3, -0.25) is 4.79 Å². The number of aryl methyl sites for hydroxylation is 1. The van der Waals surface area contributed by atoms with Gasteiger partial charge in [0.05, 0.1) is 4.90 Å². The van der Waals surface area contributed by atoms with Gasteiger partial charge in [-0.2, -0.15) is 4.31 Å². The molecule has 1 heterocycles. The van der Waals surface area contributed by atoms with E-state index in [9.17, 15) is 13.2 Å². The van der Waals surface area contributed by atoms with E-state index in [1.165, 1.54) is 15.9 Å². The maximum atomic E-state index is 13.2. The van der Waals surface area contributed by atoms with Gasteiger partial charge < -0.3 is 4.90 Å². The summed E-state index contributed by atoms with van der Waals surface area (Å²) in [5.41, 5.74) is 2.66. The van der Waals surface area contributed by atoms with Gasteiger partial charge in [0.15, 0.2) is 0 Å². The van der Waals surface area contributed by atoms with E-state index in [1.54, 1.807) is 23.1 Å². The average Bonchev–Trinajstić information content (AvgIpc) is 2.75. The molecular weight excluding hydrogens is 384 g/mol. The third-order valence-electron chi connectivity index (χ3n) is 5.31. The normalized spacial score (nSPS) is 15.2. The van der Waals surface area contributed by atoms with Crippen LogP contribution < -0.4 is 0 Å². The zero-order valence-corrected chi connectivity index (χ0v) is 18.1. The van der Waals surface area contributed by atoms with Crippen molar-refractivity contribution in [3.63, 3.8) is 0 Å². The molecule has 5 nitrogen and oxygen atoms in total. The minimum atomic E-state index is -3.56. The summed E-state index contributed by atoms with van der Waals surface area (Å²) in [6.07, 6.45) is 3.68. The standard InChI is InChI=1S/C23H30N2O3S/c1-3-14-24(18-20-12-10-19(2)11-13-20)23(26)21-8-7-9-22(17-21)29(27,28)25-15-5-4-6-16-25/h7-13,17H,3-6,14-16,18H2,1-2H3. The van der Waals surface area contributed by atoms with Gasteiger partial charge in [0, 0.05) is 31.7 Å². The van der Waals surface area contributed by atoms with Crippen molar-refractivity contribution in [1.82, 2.24) is 9.21 Å². The molecule has 1 saturated heterocycles. The highest BCUT2D eigenvalue weighted by molar-refractivity contribution is 7.89. The maximum Gasteiger partial charge on any atom is 0.254 e. The zero-order chi connectivity index (χ0) is 20.9. The summed E-state index contributed by atoms with van der Waals surface area (Å²) in [7, 11) is -3.56. The molecule has 0 aromatic heterocycles. The molecule has 29 heavy (non-hydrogen) atoms. The number of rotatable bonds is 7. The Kier molecular flexibility index (Phi) is 7.09. The summed E-state index contributed by atoms with van der Waals surface area (Å²) in [5.74, 6) is -0.136. The smallest absolute Gasteiger partial charge is 0.254 e. The summed E-state index contributed by atoms with van der Waals surface area (Å²) in [6.45, 7) is 6.30. The minimum absolute atomic E-state index is 0.136. The predicted molar refractivity (Wildman–Crippen MR) is 115 cm³/mol. The number of benzene rings is 2. The average molecular weight is 415 g/mol. The van der Waals surface area contributed by atoms with Gasteiger partial charge in [0.25, 0.3) is 5.91 Å². The number of amides is 1. The Labute approximate surface area is 174 Å². The van der Waals surface area contributed by atoms with Crippen LogP contribution in [0.3, 0.4) is 0 Å². The Bertz CT molecular complexity index is 933. The van der Waals surface area contributed by atoms with Crippen LogP contribution in [0, 0.1) is 6.92 Å². The van der Waals surface area contributed by atoms with Crippen LogP contribution in [0.1, 0.15) is 54.1 Å². The van der Waals surface area contributed by atoms with Crippen molar-refractivity contribution in [3.8, 4) is 0 Å². The molecule has 0 spiro atoms. The number of carbonyl (C=O) groups excluding carboxylic acids is 1. The Balaban J connectivity index is 1.83. The number of piperidine rings is 1. The number of carbonyl (C=O) groups is 1. The molecule has 1 aliphatic rings. The van der Waals surface area contributed by atoms with Crippen LogP contribution >= 0.6 is 0 Å². The van der Waals surface area contributed by atoms with Crippen molar-refractivity contribution in [2.24, 2.45) is 0 Å². The van der Waals surface area contributed by atoms with Crippen LogP contribution in [0.15, 0.2) is 53.4 Å². The highest BCUT2D eigenvalue weighted by Gasteiger charge is 2.27. The van der Waals surface area contributed by atoms with Gasteiger partial charge in [-0.1, -0.05) is 49.2 Å². The van der Waals surface area contributed by atoms with E-state index < -0.39 is 10.0 Å². The second-order valence-corrected chi connectivity index (χ2v) is 9.64. The zero-order valence-electron chi connectivity index (χ0n) is 17.3. The summed E-state index contributed by atoms with van der Waals surface area (Å²) >= 11 is 0. The Morgan fingerprint density at radius 1 is 1.03 bits per heavy atom. The molecule has 0 aliphatic carbocycles. The van der Waals surface area contributed by atoms with E-state index in [-0.39, 0.29) is 10.8 Å². The summed E-state index contributed by atoms with van der Waals surface area (Å²) in [5, 5.41) is 0. The van der Waals surface area contributed by atoms with Crippen molar-refractivity contribution in [3.05, 3.63) is 65.2 Å². The van der Waals surface area contributed by atoms with E-state index in [2.05, 4.69) is 0 Å². The molecule has 6 heteroatoms. The second kappa shape index (κ2) is 9.55. The summed E-state index contributed by atoms with van der Waals surface area (Å²) in [6, 6.07) is 14.6. The lowest BCUT2D eigenvalue weighted by molar-refractivity contribution is 0.0743. The first kappa shape index (κ1) is 21.5. The Hall–Kier alpha value is -2.18. The van der Waals surface area contributed by atoms with E-state index in [0.29, 0.717) is 31.7 Å². The highest BCUT2D eigenvalue weighted by atomic mass is 32.2. The fraction of sp³-hybridized carbons (Fsp3) is 0.435. The van der Waals surface area contributed by atoms with Crippen molar-refractivity contribution < 1.29 is 13.2 Å². The molecule has 1 fully saturated rings. The summed E-state index contributed by atoms with van der Waals surface area (Å²) < 4.78 is 27.5. The van der Waals surface area contributed by atoms with Crippen molar-refractivity contribution in [2.45, 2.75) is 51.0 Å². The van der Waals surface area contributed by atoms with Gasteiger partial charge in [-0.15, -0.1) is 0 Å². The molecule has 2 aromatic rings. The van der Waals surface area contributed by atoms with Crippen LogP contribution in [0.4, 0.5) is 0 Å². The molecule has 156 valence electrons. The fourth-order valence-electron chi connectivity index (χ4n) is 3.66. The largest absolute Gasteiger partial charge is 0.334 e. The molecule has 0 unspecified atom stereocenters. The second-order valence-electron chi connectivity index (χ2n) is 7.70.